The largest absolute Gasteiger partial charge is 0.352 e. The van der Waals surface area contributed by atoms with Crippen molar-refractivity contribution in [2.24, 2.45) is 0 Å². The van der Waals surface area contributed by atoms with Crippen molar-refractivity contribution < 1.29 is 9.59 Å². The number of hydrogen-bond acceptors (Lipinski definition) is 6. The SMILES string of the molecule is O=C(CCn1ccnc1)Nc1cccc(C(=O)NCCCc2nc(-c3ccncc3)cs2)c1. The smallest absolute Gasteiger partial charge is 0.251 e. The number of rotatable bonds is 10. The maximum absolute atomic E-state index is 12.5. The lowest BCUT2D eigenvalue weighted by molar-refractivity contribution is -0.116. The van der Waals surface area contributed by atoms with Crippen molar-refractivity contribution >= 4 is 28.8 Å². The van der Waals surface area contributed by atoms with Crippen LogP contribution in [0.2, 0.25) is 0 Å². The first-order valence-corrected chi connectivity index (χ1v) is 11.5. The first kappa shape index (κ1) is 22.3. The van der Waals surface area contributed by atoms with Crippen molar-refractivity contribution in [1.29, 1.82) is 0 Å². The number of anilines is 1. The molecule has 3 heterocycles. The molecule has 4 aromatic rings. The van der Waals surface area contributed by atoms with E-state index in [-0.39, 0.29) is 11.8 Å². The van der Waals surface area contributed by atoms with E-state index in [4.69, 9.17) is 0 Å². The molecule has 0 aliphatic heterocycles. The standard InChI is InChI=1S/C24H24N6O2S/c31-22(8-13-30-14-12-26-17-30)28-20-4-1-3-19(15-20)24(32)27-9-2-5-23-29-21(16-33-23)18-6-10-25-11-7-18/h1,3-4,6-7,10-12,14-17H,2,5,8-9,13H2,(H,27,32)(H,28,31). The Bertz CT molecular complexity index is 1190. The molecule has 0 atom stereocenters. The van der Waals surface area contributed by atoms with E-state index >= 15 is 0 Å². The van der Waals surface area contributed by atoms with E-state index in [0.29, 0.717) is 30.8 Å². The second-order valence-electron chi connectivity index (χ2n) is 7.40. The maximum atomic E-state index is 12.5. The van der Waals surface area contributed by atoms with Gasteiger partial charge < -0.3 is 15.2 Å². The fraction of sp³-hybridized carbons (Fsp3) is 0.208. The Morgan fingerprint density at radius 2 is 1.94 bits per heavy atom. The molecule has 0 unspecified atom stereocenters. The number of nitrogens with zero attached hydrogens (tertiary/aromatic N) is 4. The second kappa shape index (κ2) is 11.1. The van der Waals surface area contributed by atoms with Gasteiger partial charge in [0.2, 0.25) is 5.91 Å². The minimum Gasteiger partial charge on any atom is -0.352 e. The molecule has 9 heteroatoms. The van der Waals surface area contributed by atoms with Gasteiger partial charge in [-0.2, -0.15) is 0 Å². The molecule has 8 nitrogen and oxygen atoms in total. The molecule has 0 saturated carbocycles. The number of benzene rings is 1. The summed E-state index contributed by atoms with van der Waals surface area (Å²) < 4.78 is 1.84. The van der Waals surface area contributed by atoms with Crippen LogP contribution in [0.3, 0.4) is 0 Å². The zero-order valence-electron chi connectivity index (χ0n) is 18.0. The molecule has 0 aliphatic rings. The van der Waals surface area contributed by atoms with Crippen molar-refractivity contribution in [2.45, 2.75) is 25.8 Å². The van der Waals surface area contributed by atoms with Crippen LogP contribution in [-0.2, 0) is 17.8 Å². The zero-order valence-corrected chi connectivity index (χ0v) is 18.8. The monoisotopic (exact) mass is 460 g/mol. The predicted molar refractivity (Wildman–Crippen MR) is 128 cm³/mol. The molecule has 0 aliphatic carbocycles. The van der Waals surface area contributed by atoms with E-state index in [0.717, 1.165) is 29.1 Å². The average molecular weight is 461 g/mol. The van der Waals surface area contributed by atoms with E-state index in [1.54, 1.807) is 60.5 Å². The van der Waals surface area contributed by atoms with Gasteiger partial charge in [-0.1, -0.05) is 6.07 Å². The van der Waals surface area contributed by atoms with E-state index in [2.05, 4.69) is 25.6 Å². The van der Waals surface area contributed by atoms with Gasteiger partial charge in [-0.15, -0.1) is 11.3 Å². The molecular weight excluding hydrogens is 436 g/mol. The number of aromatic nitrogens is 4. The van der Waals surface area contributed by atoms with Gasteiger partial charge in [-0.25, -0.2) is 9.97 Å². The van der Waals surface area contributed by atoms with Gasteiger partial charge >= 0.3 is 0 Å². The van der Waals surface area contributed by atoms with Gasteiger partial charge in [0.15, 0.2) is 0 Å². The molecule has 0 bridgehead atoms. The Kier molecular flexibility index (Phi) is 7.55. The molecule has 2 N–H and O–H groups in total. The van der Waals surface area contributed by atoms with Crippen molar-refractivity contribution in [3.63, 3.8) is 0 Å². The Balaban J connectivity index is 1.21. The molecule has 2 amide bonds. The van der Waals surface area contributed by atoms with Crippen LogP contribution >= 0.6 is 11.3 Å². The Labute approximate surface area is 195 Å². The van der Waals surface area contributed by atoms with Gasteiger partial charge in [0.25, 0.3) is 5.91 Å². The minimum absolute atomic E-state index is 0.115. The van der Waals surface area contributed by atoms with Crippen molar-refractivity contribution in [2.75, 3.05) is 11.9 Å². The van der Waals surface area contributed by atoms with Crippen LogP contribution in [0.4, 0.5) is 5.69 Å². The molecule has 0 fully saturated rings. The number of nitrogens with one attached hydrogen (secondary N) is 2. The molecular formula is C24H24N6O2S. The highest BCUT2D eigenvalue weighted by molar-refractivity contribution is 7.09. The predicted octanol–water partition coefficient (Wildman–Crippen LogP) is 3.79. The van der Waals surface area contributed by atoms with Gasteiger partial charge in [-0.3, -0.25) is 14.6 Å². The van der Waals surface area contributed by atoms with Crippen molar-refractivity contribution in [3.8, 4) is 11.3 Å². The molecule has 1 aromatic carbocycles. The highest BCUT2D eigenvalue weighted by atomic mass is 32.1. The summed E-state index contributed by atoms with van der Waals surface area (Å²) in [7, 11) is 0. The van der Waals surface area contributed by atoms with Crippen LogP contribution in [0.15, 0.2) is 72.9 Å². The molecule has 0 spiro atoms. The third kappa shape index (κ3) is 6.56. The second-order valence-corrected chi connectivity index (χ2v) is 8.34. The summed E-state index contributed by atoms with van der Waals surface area (Å²) >= 11 is 1.62. The number of hydrogen-bond donors (Lipinski definition) is 2. The molecule has 4 rings (SSSR count). The van der Waals surface area contributed by atoms with Crippen molar-refractivity contribution in [3.05, 3.63) is 83.5 Å². The van der Waals surface area contributed by atoms with Crippen molar-refractivity contribution in [1.82, 2.24) is 24.8 Å². The van der Waals surface area contributed by atoms with Gasteiger partial charge in [0.1, 0.15) is 0 Å². The third-order valence-electron chi connectivity index (χ3n) is 4.95. The number of imidazole rings is 1. The maximum Gasteiger partial charge on any atom is 0.251 e. The van der Waals surface area contributed by atoms with E-state index in [1.807, 2.05) is 28.3 Å². The zero-order chi connectivity index (χ0) is 22.9. The van der Waals surface area contributed by atoms with E-state index < -0.39 is 0 Å². The summed E-state index contributed by atoms with van der Waals surface area (Å²) in [6.07, 6.45) is 10.6. The van der Waals surface area contributed by atoms with Gasteiger partial charge in [0, 0.05) is 72.9 Å². The van der Waals surface area contributed by atoms with E-state index in [9.17, 15) is 9.59 Å². The Hall–Kier alpha value is -3.85. The number of aryl methyl sites for hydroxylation is 2. The quantitative estimate of drug-likeness (QED) is 0.351. The molecule has 0 radical (unpaired) electrons. The number of thiazole rings is 1. The molecule has 3 aromatic heterocycles. The molecule has 33 heavy (non-hydrogen) atoms. The van der Waals surface area contributed by atoms with Crippen LogP contribution < -0.4 is 10.6 Å². The lowest BCUT2D eigenvalue weighted by atomic mass is 10.2. The lowest BCUT2D eigenvalue weighted by Crippen LogP contribution is -2.25. The highest BCUT2D eigenvalue weighted by Crippen LogP contribution is 2.21. The fourth-order valence-corrected chi connectivity index (χ4v) is 4.09. The summed E-state index contributed by atoms with van der Waals surface area (Å²) in [5.74, 6) is -0.281. The number of carbonyl (C=O) groups is 2. The number of pyridine rings is 1. The third-order valence-corrected chi connectivity index (χ3v) is 5.85. The van der Waals surface area contributed by atoms with Crippen LogP contribution in [0.25, 0.3) is 11.3 Å². The number of amides is 2. The molecule has 0 saturated heterocycles. The Morgan fingerprint density at radius 3 is 2.76 bits per heavy atom. The fourth-order valence-electron chi connectivity index (χ4n) is 3.24. The molecule has 168 valence electrons. The van der Waals surface area contributed by atoms with Crippen LogP contribution in [0.5, 0.6) is 0 Å². The van der Waals surface area contributed by atoms with Crippen LogP contribution in [0.1, 0.15) is 28.2 Å². The lowest BCUT2D eigenvalue weighted by Gasteiger charge is -2.08. The summed E-state index contributed by atoms with van der Waals surface area (Å²) in [4.78, 5) is 37.3. The summed E-state index contributed by atoms with van der Waals surface area (Å²) in [5, 5.41) is 8.86. The first-order chi connectivity index (χ1) is 16.2. The first-order valence-electron chi connectivity index (χ1n) is 10.7. The average Bonchev–Trinajstić information content (AvgIpc) is 3.53. The normalized spacial score (nSPS) is 10.7. The van der Waals surface area contributed by atoms with Gasteiger partial charge in [-0.05, 0) is 36.8 Å². The van der Waals surface area contributed by atoms with Gasteiger partial charge in [0.05, 0.1) is 17.0 Å². The summed E-state index contributed by atoms with van der Waals surface area (Å²) in [5.41, 5.74) is 3.11. The summed E-state index contributed by atoms with van der Waals surface area (Å²) in [6, 6.07) is 10.8. The van der Waals surface area contributed by atoms with E-state index in [1.165, 1.54) is 0 Å². The van der Waals surface area contributed by atoms with Crippen LogP contribution in [0, 0.1) is 0 Å². The summed E-state index contributed by atoms with van der Waals surface area (Å²) in [6.45, 7) is 1.10. The minimum atomic E-state index is -0.166. The topological polar surface area (TPSA) is 102 Å². The highest BCUT2D eigenvalue weighted by Gasteiger charge is 2.09. The number of carbonyl (C=O) groups excluding carboxylic acids is 2. The van der Waals surface area contributed by atoms with Crippen LogP contribution in [-0.4, -0.2) is 37.9 Å². The Morgan fingerprint density at radius 1 is 1.06 bits per heavy atom.